The maximum absolute atomic E-state index is 4.20. The van der Waals surface area contributed by atoms with Gasteiger partial charge in [-0.05, 0) is 30.9 Å². The average molecular weight is 215 g/mol. The molecule has 1 heteroatoms. The second-order valence-corrected chi connectivity index (χ2v) is 5.24. The Labute approximate surface area is 98.8 Å². The van der Waals surface area contributed by atoms with Crippen LogP contribution in [0.1, 0.15) is 50.3 Å². The molecular formula is C15H21N. The van der Waals surface area contributed by atoms with Crippen molar-refractivity contribution in [3.63, 3.8) is 0 Å². The van der Waals surface area contributed by atoms with E-state index in [9.17, 15) is 0 Å². The predicted molar refractivity (Wildman–Crippen MR) is 70.2 cm³/mol. The minimum absolute atomic E-state index is 0.530. The van der Waals surface area contributed by atoms with Crippen molar-refractivity contribution >= 4 is 5.70 Å². The third-order valence-electron chi connectivity index (χ3n) is 3.42. The molecule has 0 saturated heterocycles. The van der Waals surface area contributed by atoms with Gasteiger partial charge in [-0.15, -0.1) is 0 Å². The molecule has 0 saturated carbocycles. The third kappa shape index (κ3) is 1.75. The molecule has 1 aliphatic heterocycles. The fourth-order valence-electron chi connectivity index (χ4n) is 2.31. The van der Waals surface area contributed by atoms with Crippen LogP contribution in [0.2, 0.25) is 0 Å². The predicted octanol–water partition coefficient (Wildman–Crippen LogP) is 4.00. The zero-order valence-corrected chi connectivity index (χ0v) is 10.7. The van der Waals surface area contributed by atoms with Gasteiger partial charge >= 0.3 is 0 Å². The lowest BCUT2D eigenvalue weighted by atomic mass is 9.98. The molecule has 0 aliphatic carbocycles. The molecule has 1 aromatic rings. The number of hydrogen-bond acceptors (Lipinski definition) is 1. The highest BCUT2D eigenvalue weighted by Gasteiger charge is 2.24. The van der Waals surface area contributed by atoms with Crippen molar-refractivity contribution < 1.29 is 0 Å². The van der Waals surface area contributed by atoms with Crippen LogP contribution in [-0.2, 0) is 6.54 Å². The molecule has 86 valence electrons. The summed E-state index contributed by atoms with van der Waals surface area (Å²) in [5.41, 5.74) is 5.38. The van der Waals surface area contributed by atoms with E-state index in [2.05, 4.69) is 57.4 Å². The lowest BCUT2D eigenvalue weighted by Crippen LogP contribution is -2.23. The van der Waals surface area contributed by atoms with Crippen LogP contribution in [0.5, 0.6) is 0 Å². The topological polar surface area (TPSA) is 3.24 Å². The molecule has 0 unspecified atom stereocenters. The molecule has 0 spiro atoms. The van der Waals surface area contributed by atoms with Gasteiger partial charge in [0, 0.05) is 23.8 Å². The van der Waals surface area contributed by atoms with Gasteiger partial charge in [0.1, 0.15) is 0 Å². The zero-order chi connectivity index (χ0) is 11.9. The van der Waals surface area contributed by atoms with Crippen LogP contribution in [0.4, 0.5) is 0 Å². The van der Waals surface area contributed by atoms with Crippen LogP contribution in [0.15, 0.2) is 24.8 Å². The van der Waals surface area contributed by atoms with Gasteiger partial charge < -0.3 is 4.90 Å². The monoisotopic (exact) mass is 215 g/mol. The first-order valence-corrected chi connectivity index (χ1v) is 6.09. The van der Waals surface area contributed by atoms with Gasteiger partial charge in [0.2, 0.25) is 0 Å². The van der Waals surface area contributed by atoms with Gasteiger partial charge in [-0.25, -0.2) is 0 Å². The van der Waals surface area contributed by atoms with E-state index in [0.29, 0.717) is 12.0 Å². The standard InChI is InChI=1S/C15H21N/c1-10(2)13-6-7-15-12(5)16(11(3)4)9-14(15)8-13/h6-8,10-11H,5,9H2,1-4H3. The summed E-state index contributed by atoms with van der Waals surface area (Å²) >= 11 is 0. The van der Waals surface area contributed by atoms with E-state index < -0.39 is 0 Å². The molecule has 16 heavy (non-hydrogen) atoms. The molecule has 0 N–H and O–H groups in total. The molecule has 1 aromatic carbocycles. The molecule has 0 amide bonds. The van der Waals surface area contributed by atoms with Crippen LogP contribution < -0.4 is 0 Å². The maximum Gasteiger partial charge on any atom is 0.0439 e. The number of fused-ring (bicyclic) bond motifs is 1. The molecule has 0 radical (unpaired) electrons. The minimum Gasteiger partial charge on any atom is -0.365 e. The second-order valence-electron chi connectivity index (χ2n) is 5.24. The van der Waals surface area contributed by atoms with Gasteiger partial charge in [-0.2, -0.15) is 0 Å². The highest BCUT2D eigenvalue weighted by atomic mass is 15.2. The zero-order valence-electron chi connectivity index (χ0n) is 10.7. The number of hydrogen-bond donors (Lipinski definition) is 0. The summed E-state index contributed by atoms with van der Waals surface area (Å²) in [6.07, 6.45) is 0. The van der Waals surface area contributed by atoms with Crippen molar-refractivity contribution in [3.8, 4) is 0 Å². The molecule has 0 atom stereocenters. The van der Waals surface area contributed by atoms with E-state index in [-0.39, 0.29) is 0 Å². The molecule has 1 aliphatic rings. The quantitative estimate of drug-likeness (QED) is 0.720. The van der Waals surface area contributed by atoms with E-state index in [1.54, 1.807) is 0 Å². The lowest BCUT2D eigenvalue weighted by molar-refractivity contribution is 0.339. The Morgan fingerprint density at radius 2 is 1.88 bits per heavy atom. The van der Waals surface area contributed by atoms with E-state index in [1.807, 2.05) is 0 Å². The Morgan fingerprint density at radius 1 is 1.19 bits per heavy atom. The molecule has 0 aromatic heterocycles. The Bertz CT molecular complexity index is 415. The largest absolute Gasteiger partial charge is 0.365 e. The summed E-state index contributed by atoms with van der Waals surface area (Å²) < 4.78 is 0. The van der Waals surface area contributed by atoms with Gasteiger partial charge in [0.05, 0.1) is 0 Å². The van der Waals surface area contributed by atoms with Crippen LogP contribution in [0, 0.1) is 0 Å². The van der Waals surface area contributed by atoms with Crippen molar-refractivity contribution in [2.75, 3.05) is 0 Å². The van der Waals surface area contributed by atoms with Crippen molar-refractivity contribution in [1.82, 2.24) is 4.90 Å². The van der Waals surface area contributed by atoms with E-state index in [4.69, 9.17) is 0 Å². The summed E-state index contributed by atoms with van der Waals surface area (Å²) in [7, 11) is 0. The Kier molecular flexibility index (Phi) is 2.79. The Balaban J connectivity index is 2.37. The van der Waals surface area contributed by atoms with E-state index >= 15 is 0 Å². The van der Waals surface area contributed by atoms with Crippen molar-refractivity contribution in [2.45, 2.75) is 46.2 Å². The Hall–Kier alpha value is -1.24. The van der Waals surface area contributed by atoms with Crippen LogP contribution >= 0.6 is 0 Å². The van der Waals surface area contributed by atoms with Crippen molar-refractivity contribution in [1.29, 1.82) is 0 Å². The second kappa shape index (κ2) is 3.97. The van der Waals surface area contributed by atoms with Gasteiger partial charge in [-0.3, -0.25) is 0 Å². The van der Waals surface area contributed by atoms with E-state index in [0.717, 1.165) is 6.54 Å². The molecule has 2 rings (SSSR count). The van der Waals surface area contributed by atoms with Crippen LogP contribution in [-0.4, -0.2) is 10.9 Å². The van der Waals surface area contributed by atoms with Gasteiger partial charge in [0.25, 0.3) is 0 Å². The highest BCUT2D eigenvalue weighted by Crippen LogP contribution is 2.34. The molecule has 0 bridgehead atoms. The summed E-state index contributed by atoms with van der Waals surface area (Å²) in [4.78, 5) is 2.37. The Morgan fingerprint density at radius 3 is 2.44 bits per heavy atom. The smallest absolute Gasteiger partial charge is 0.0439 e. The SMILES string of the molecule is C=C1c2ccc(C(C)C)cc2CN1C(C)C. The number of rotatable bonds is 2. The molecule has 1 nitrogen and oxygen atoms in total. The molecular weight excluding hydrogens is 194 g/mol. The molecule has 0 fully saturated rings. The summed E-state index contributed by atoms with van der Waals surface area (Å²) in [5, 5.41) is 0. The molecule has 1 heterocycles. The van der Waals surface area contributed by atoms with E-state index in [1.165, 1.54) is 22.4 Å². The van der Waals surface area contributed by atoms with Crippen LogP contribution in [0.25, 0.3) is 5.70 Å². The first kappa shape index (κ1) is 11.3. The van der Waals surface area contributed by atoms with Crippen molar-refractivity contribution in [3.05, 3.63) is 41.5 Å². The van der Waals surface area contributed by atoms with Crippen molar-refractivity contribution in [2.24, 2.45) is 0 Å². The van der Waals surface area contributed by atoms with Crippen LogP contribution in [0.3, 0.4) is 0 Å². The fraction of sp³-hybridized carbons (Fsp3) is 0.467. The summed E-state index contributed by atoms with van der Waals surface area (Å²) in [6.45, 7) is 14.1. The average Bonchev–Trinajstić information content (AvgIpc) is 2.55. The highest BCUT2D eigenvalue weighted by molar-refractivity contribution is 5.69. The van der Waals surface area contributed by atoms with Gasteiger partial charge in [0.15, 0.2) is 0 Å². The first-order chi connectivity index (χ1) is 7.50. The first-order valence-electron chi connectivity index (χ1n) is 6.09. The minimum atomic E-state index is 0.530. The van der Waals surface area contributed by atoms with Gasteiger partial charge in [-0.1, -0.05) is 38.6 Å². The fourth-order valence-corrected chi connectivity index (χ4v) is 2.31. The third-order valence-corrected chi connectivity index (χ3v) is 3.42. The summed E-state index contributed by atoms with van der Waals surface area (Å²) in [5.74, 6) is 0.603. The number of benzene rings is 1. The maximum atomic E-state index is 4.20. The summed E-state index contributed by atoms with van der Waals surface area (Å²) in [6, 6.07) is 7.34. The number of nitrogens with zero attached hydrogens (tertiary/aromatic N) is 1. The normalized spacial score (nSPS) is 15.1. The lowest BCUT2D eigenvalue weighted by Gasteiger charge is -2.23.